The molecule has 7 aromatic carbocycles. The maximum absolute atomic E-state index is 5.09. The van der Waals surface area contributed by atoms with Crippen LogP contribution < -0.4 is 0 Å². The van der Waals surface area contributed by atoms with Gasteiger partial charge >= 0.3 is 0 Å². The van der Waals surface area contributed by atoms with Crippen LogP contribution in [-0.4, -0.2) is 23.9 Å². The number of hydrogen-bond acceptors (Lipinski definition) is 4. The lowest BCUT2D eigenvalue weighted by Crippen LogP contribution is -1.99. The second-order valence-electron chi connectivity index (χ2n) is 14.1. The first-order chi connectivity index (χ1) is 27.3. The fraction of sp³-hybridized carbons (Fsp3) is 0. The van der Waals surface area contributed by atoms with Gasteiger partial charge in [0.15, 0.2) is 17.5 Å². The van der Waals surface area contributed by atoms with Crippen LogP contribution in [0.5, 0.6) is 0 Å². The second-order valence-corrected chi connectivity index (χ2v) is 15.1. The molecular formula is C49H29N5S. The van der Waals surface area contributed by atoms with Crippen LogP contribution in [0.2, 0.25) is 0 Å². The predicted molar refractivity (Wildman–Crippen MR) is 228 cm³/mol. The monoisotopic (exact) mass is 719 g/mol. The van der Waals surface area contributed by atoms with Crippen molar-refractivity contribution in [2.45, 2.75) is 0 Å². The SMILES string of the molecule is c1ccc(-c2nc(-c3ccccc3)nc(-c3cc4c(s3)c3cc(-c5ccc6c(c5)c5ccccc5n6-c5ccccc5)cc5c6ccccc6n4c53)n2)cc1. The summed E-state index contributed by atoms with van der Waals surface area (Å²) >= 11 is 1.76. The first kappa shape index (κ1) is 30.3. The van der Waals surface area contributed by atoms with Gasteiger partial charge in [0.25, 0.3) is 0 Å². The normalized spacial score (nSPS) is 12.0. The topological polar surface area (TPSA) is 48.0 Å². The van der Waals surface area contributed by atoms with Crippen LogP contribution in [0.1, 0.15) is 0 Å². The van der Waals surface area contributed by atoms with E-state index in [1.165, 1.54) is 70.3 Å². The molecule has 12 aromatic rings. The minimum absolute atomic E-state index is 0.665. The van der Waals surface area contributed by atoms with E-state index in [1.807, 2.05) is 36.4 Å². The third-order valence-corrected chi connectivity index (χ3v) is 12.1. The molecular weight excluding hydrogens is 691 g/mol. The van der Waals surface area contributed by atoms with E-state index < -0.39 is 0 Å². The lowest BCUT2D eigenvalue weighted by Gasteiger charge is -2.08. The van der Waals surface area contributed by atoms with E-state index in [0.29, 0.717) is 17.5 Å². The zero-order chi connectivity index (χ0) is 36.0. The highest BCUT2D eigenvalue weighted by molar-refractivity contribution is 7.23. The van der Waals surface area contributed by atoms with Gasteiger partial charge in [0.05, 0.1) is 37.2 Å². The molecule has 0 unspecified atom stereocenters. The van der Waals surface area contributed by atoms with Crippen molar-refractivity contribution < 1.29 is 0 Å². The van der Waals surface area contributed by atoms with E-state index in [1.54, 1.807) is 11.3 Å². The number of rotatable bonds is 5. The molecule has 0 spiro atoms. The zero-order valence-corrected chi connectivity index (χ0v) is 30.2. The summed E-state index contributed by atoms with van der Waals surface area (Å²) in [6, 6.07) is 62.5. The second kappa shape index (κ2) is 11.7. The van der Waals surface area contributed by atoms with Crippen molar-refractivity contribution in [3.63, 3.8) is 0 Å². The number of thiophene rings is 1. The van der Waals surface area contributed by atoms with Gasteiger partial charge in [0, 0.05) is 43.7 Å². The maximum atomic E-state index is 5.09. The highest BCUT2D eigenvalue weighted by Gasteiger charge is 2.23. The Morgan fingerprint density at radius 1 is 0.364 bits per heavy atom. The largest absolute Gasteiger partial charge is 0.309 e. The summed E-state index contributed by atoms with van der Waals surface area (Å²) in [5, 5.41) is 6.24. The Hall–Kier alpha value is -7.15. The van der Waals surface area contributed by atoms with E-state index in [4.69, 9.17) is 15.0 Å². The van der Waals surface area contributed by atoms with Gasteiger partial charge < -0.3 is 8.97 Å². The molecule has 0 atom stereocenters. The number of nitrogens with zero attached hydrogens (tertiary/aromatic N) is 5. The molecule has 5 nitrogen and oxygen atoms in total. The summed E-state index contributed by atoms with van der Waals surface area (Å²) in [6.45, 7) is 0. The molecule has 0 radical (unpaired) electrons. The van der Waals surface area contributed by atoms with Gasteiger partial charge in [-0.25, -0.2) is 15.0 Å². The molecule has 256 valence electrons. The number of fused-ring (bicyclic) bond motifs is 9. The van der Waals surface area contributed by atoms with Crippen LogP contribution in [0.4, 0.5) is 0 Å². The predicted octanol–water partition coefficient (Wildman–Crippen LogP) is 12.8. The van der Waals surface area contributed by atoms with Crippen LogP contribution >= 0.6 is 11.3 Å². The first-order valence-corrected chi connectivity index (χ1v) is 19.3. The van der Waals surface area contributed by atoms with Gasteiger partial charge in [-0.1, -0.05) is 121 Å². The molecule has 0 aliphatic rings. The van der Waals surface area contributed by atoms with Gasteiger partial charge in [-0.2, -0.15) is 0 Å². The summed E-state index contributed by atoms with van der Waals surface area (Å²) in [5.41, 5.74) is 11.5. The van der Waals surface area contributed by atoms with Crippen molar-refractivity contribution in [1.82, 2.24) is 23.9 Å². The maximum Gasteiger partial charge on any atom is 0.174 e. The van der Waals surface area contributed by atoms with Crippen LogP contribution in [-0.2, 0) is 0 Å². The highest BCUT2D eigenvalue weighted by Crippen LogP contribution is 2.46. The molecule has 0 amide bonds. The number of hydrogen-bond donors (Lipinski definition) is 0. The Balaban J connectivity index is 1.09. The fourth-order valence-corrected chi connectivity index (χ4v) is 9.56. The Kier molecular flexibility index (Phi) is 6.44. The average Bonchev–Trinajstić information content (AvgIpc) is 4.01. The van der Waals surface area contributed by atoms with Gasteiger partial charge in [0.1, 0.15) is 0 Å². The Morgan fingerprint density at radius 2 is 0.909 bits per heavy atom. The van der Waals surface area contributed by atoms with Crippen molar-refractivity contribution >= 4 is 70.6 Å². The van der Waals surface area contributed by atoms with Crippen molar-refractivity contribution in [1.29, 1.82) is 0 Å². The van der Waals surface area contributed by atoms with Crippen LogP contribution in [0.15, 0.2) is 176 Å². The van der Waals surface area contributed by atoms with E-state index in [2.05, 4.69) is 148 Å². The Labute approximate surface area is 319 Å². The minimum Gasteiger partial charge on any atom is -0.309 e. The first-order valence-electron chi connectivity index (χ1n) is 18.4. The molecule has 5 aromatic heterocycles. The van der Waals surface area contributed by atoms with Gasteiger partial charge in [0.2, 0.25) is 0 Å². The van der Waals surface area contributed by atoms with Gasteiger partial charge in [-0.3, -0.25) is 0 Å². The molecule has 0 saturated carbocycles. The smallest absolute Gasteiger partial charge is 0.174 e. The summed E-state index contributed by atoms with van der Waals surface area (Å²) in [6.07, 6.45) is 0. The standard InChI is InChI=1S/C49H29N5S/c1-4-14-30(15-5-1)47-50-48(31-16-6-2-7-17-31)52-49(51-47)44-29-43-46(55-44)39-28-33(27-38-36-21-11-13-23-41(36)54(43)45(38)39)32-24-25-42-37(26-32)35-20-10-12-22-40(35)53(42)34-18-8-3-9-19-34/h1-29H. The Morgan fingerprint density at radius 3 is 1.62 bits per heavy atom. The van der Waals surface area contributed by atoms with Crippen LogP contribution in [0.3, 0.4) is 0 Å². The summed E-state index contributed by atoms with van der Waals surface area (Å²) in [4.78, 5) is 16.1. The van der Waals surface area contributed by atoms with Crippen LogP contribution in [0.25, 0.3) is 110 Å². The van der Waals surface area contributed by atoms with Gasteiger partial charge in [-0.15, -0.1) is 11.3 Å². The van der Waals surface area contributed by atoms with Crippen molar-refractivity contribution in [3.05, 3.63) is 176 Å². The molecule has 6 heteroatoms. The summed E-state index contributed by atoms with van der Waals surface area (Å²) in [5.74, 6) is 2.01. The van der Waals surface area contributed by atoms with E-state index in [9.17, 15) is 0 Å². The minimum atomic E-state index is 0.665. The van der Waals surface area contributed by atoms with E-state index in [-0.39, 0.29) is 0 Å². The fourth-order valence-electron chi connectivity index (χ4n) is 8.46. The molecule has 0 N–H and O–H groups in total. The molecule has 0 aliphatic carbocycles. The van der Waals surface area contributed by atoms with Crippen LogP contribution in [0, 0.1) is 0 Å². The zero-order valence-electron chi connectivity index (χ0n) is 29.4. The van der Waals surface area contributed by atoms with Crippen molar-refractivity contribution in [2.75, 3.05) is 0 Å². The van der Waals surface area contributed by atoms with Crippen molar-refractivity contribution in [3.8, 4) is 50.3 Å². The average molecular weight is 720 g/mol. The third kappa shape index (κ3) is 4.55. The number of aromatic nitrogens is 5. The molecule has 0 bridgehead atoms. The molecule has 0 aliphatic heterocycles. The molecule has 0 saturated heterocycles. The quantitative estimate of drug-likeness (QED) is 0.178. The lowest BCUT2D eigenvalue weighted by molar-refractivity contribution is 1.08. The van der Waals surface area contributed by atoms with Crippen molar-refractivity contribution in [2.24, 2.45) is 0 Å². The highest BCUT2D eigenvalue weighted by atomic mass is 32.1. The lowest BCUT2D eigenvalue weighted by atomic mass is 9.99. The Bertz CT molecular complexity index is 3360. The number of para-hydroxylation sites is 3. The number of benzene rings is 7. The molecule has 55 heavy (non-hydrogen) atoms. The summed E-state index contributed by atoms with van der Waals surface area (Å²) in [7, 11) is 0. The molecule has 12 rings (SSSR count). The van der Waals surface area contributed by atoms with Gasteiger partial charge in [-0.05, 0) is 65.7 Å². The van der Waals surface area contributed by atoms with E-state index in [0.717, 1.165) is 21.7 Å². The summed E-state index contributed by atoms with van der Waals surface area (Å²) < 4.78 is 6.04. The van der Waals surface area contributed by atoms with E-state index >= 15 is 0 Å². The third-order valence-electron chi connectivity index (χ3n) is 10.9. The molecule has 5 heterocycles. The molecule has 0 fully saturated rings.